The van der Waals surface area contributed by atoms with Gasteiger partial charge in [-0.15, -0.1) is 24.5 Å². The molecule has 0 aliphatic rings. The van der Waals surface area contributed by atoms with Gasteiger partial charge in [0.05, 0.1) is 0 Å². The van der Waals surface area contributed by atoms with Crippen LogP contribution in [0.25, 0.3) is 20.5 Å². The third kappa shape index (κ3) is 3.12. The summed E-state index contributed by atoms with van der Waals surface area (Å²) in [7, 11) is 0. The van der Waals surface area contributed by atoms with Gasteiger partial charge in [0.25, 0.3) is 0 Å². The minimum absolute atomic E-state index is 0.111. The van der Waals surface area contributed by atoms with Crippen LogP contribution in [0.2, 0.25) is 0 Å². The fraction of sp³-hybridized carbons (Fsp3) is 0.0625. The molecular weight excluding hydrogens is 313 g/mol. The molecule has 0 spiro atoms. The Labute approximate surface area is 127 Å². The van der Waals surface area contributed by atoms with Crippen LogP contribution >= 0.6 is 11.3 Å². The van der Waals surface area contributed by atoms with Gasteiger partial charge in [-0.25, -0.2) is 0 Å². The van der Waals surface area contributed by atoms with Crippen LogP contribution < -0.4 is 10.2 Å². The topological polar surface area (TPSA) is 26.3 Å². The Morgan fingerprint density at radius 2 is 1.64 bits per heavy atom. The summed E-state index contributed by atoms with van der Waals surface area (Å²) in [5, 5.41) is 0.633. The predicted octanol–water partition coefficient (Wildman–Crippen LogP) is 4.83. The van der Waals surface area contributed by atoms with Crippen molar-refractivity contribution in [2.75, 3.05) is 0 Å². The van der Waals surface area contributed by atoms with E-state index in [1.54, 1.807) is 12.1 Å². The van der Waals surface area contributed by atoms with Gasteiger partial charge in [0.15, 0.2) is 5.43 Å². The first-order valence-electron chi connectivity index (χ1n) is 6.31. The molecule has 0 aliphatic heterocycles. The molecule has 0 unspecified atom stereocenters. The highest BCUT2D eigenvalue weighted by Crippen LogP contribution is 2.30. The molecule has 0 atom stereocenters. The van der Waals surface area contributed by atoms with Gasteiger partial charge in [-0.3, -0.25) is 4.79 Å². The molecule has 0 N–H and O–H groups in total. The highest BCUT2D eigenvalue weighted by atomic mass is 32.1. The largest absolute Gasteiger partial charge is 0.573 e. The Morgan fingerprint density at radius 3 is 2.32 bits per heavy atom. The van der Waals surface area contributed by atoms with E-state index in [2.05, 4.69) is 4.74 Å². The first kappa shape index (κ1) is 14.6. The van der Waals surface area contributed by atoms with E-state index in [1.165, 1.54) is 41.7 Å². The van der Waals surface area contributed by atoms with E-state index in [0.717, 1.165) is 4.70 Å². The smallest absolute Gasteiger partial charge is 0.406 e. The molecule has 6 heteroatoms. The van der Waals surface area contributed by atoms with Gasteiger partial charge >= 0.3 is 6.36 Å². The van der Waals surface area contributed by atoms with E-state index < -0.39 is 6.36 Å². The van der Waals surface area contributed by atoms with Crippen molar-refractivity contribution in [1.29, 1.82) is 0 Å². The van der Waals surface area contributed by atoms with Crippen LogP contribution in [0.3, 0.4) is 0 Å². The van der Waals surface area contributed by atoms with Crippen LogP contribution in [0, 0.1) is 0 Å². The first-order chi connectivity index (χ1) is 10.4. The van der Waals surface area contributed by atoms with Gasteiger partial charge in [0, 0.05) is 21.0 Å². The van der Waals surface area contributed by atoms with Crippen molar-refractivity contribution in [1.82, 2.24) is 0 Å². The lowest BCUT2D eigenvalue weighted by Crippen LogP contribution is -2.16. The third-order valence-corrected chi connectivity index (χ3v) is 4.16. The maximum absolute atomic E-state index is 12.1. The van der Waals surface area contributed by atoms with Gasteiger partial charge in [-0.2, -0.15) is 0 Å². The molecule has 3 rings (SSSR count). The second-order valence-corrected chi connectivity index (χ2v) is 5.63. The predicted molar refractivity (Wildman–Crippen MR) is 80.2 cm³/mol. The number of ether oxygens (including phenoxy) is 1. The van der Waals surface area contributed by atoms with Crippen LogP contribution in [0.5, 0.6) is 5.75 Å². The first-order valence-corrected chi connectivity index (χ1v) is 7.13. The summed E-state index contributed by atoms with van der Waals surface area (Å²) in [6.07, 6.45) is -4.71. The molecule has 0 saturated carbocycles. The van der Waals surface area contributed by atoms with Crippen LogP contribution in [-0.2, 0) is 0 Å². The van der Waals surface area contributed by atoms with Crippen LogP contribution in [0.15, 0.2) is 59.4 Å². The molecule has 0 aliphatic carbocycles. The molecule has 0 bridgehead atoms. The fourth-order valence-corrected chi connectivity index (χ4v) is 3.15. The number of fused-ring (bicyclic) bond motifs is 1. The highest BCUT2D eigenvalue weighted by molar-refractivity contribution is 7.21. The van der Waals surface area contributed by atoms with Crippen LogP contribution in [0.1, 0.15) is 0 Å². The van der Waals surface area contributed by atoms with E-state index in [4.69, 9.17) is 0 Å². The maximum Gasteiger partial charge on any atom is 0.573 e. The lowest BCUT2D eigenvalue weighted by Gasteiger charge is -2.09. The number of alkyl halides is 3. The average molecular weight is 322 g/mol. The fourth-order valence-electron chi connectivity index (χ4n) is 2.07. The van der Waals surface area contributed by atoms with Crippen molar-refractivity contribution in [2.45, 2.75) is 6.36 Å². The monoisotopic (exact) mass is 322 g/mol. The van der Waals surface area contributed by atoms with Gasteiger partial charge in [0.1, 0.15) is 5.75 Å². The number of rotatable bonds is 2. The highest BCUT2D eigenvalue weighted by Gasteiger charge is 2.30. The maximum atomic E-state index is 12.1. The van der Waals surface area contributed by atoms with Crippen molar-refractivity contribution in [3.05, 3.63) is 64.8 Å². The molecule has 0 saturated heterocycles. The minimum Gasteiger partial charge on any atom is -0.406 e. The summed E-state index contributed by atoms with van der Waals surface area (Å²) in [6.45, 7) is 0. The zero-order valence-corrected chi connectivity index (χ0v) is 11.9. The Hall–Kier alpha value is -2.34. The SMILES string of the molecule is O=c1cc(-c2ccc(OC(F)(F)F)cc2)sc2ccccc12. The second-order valence-electron chi connectivity index (χ2n) is 4.54. The zero-order chi connectivity index (χ0) is 15.7. The molecule has 22 heavy (non-hydrogen) atoms. The van der Waals surface area contributed by atoms with E-state index in [1.807, 2.05) is 12.1 Å². The molecular formula is C16H9F3O2S. The Balaban J connectivity index is 1.99. The van der Waals surface area contributed by atoms with Crippen LogP contribution in [0.4, 0.5) is 13.2 Å². The summed E-state index contributed by atoms with van der Waals surface area (Å²) in [6, 6.07) is 14.2. The third-order valence-electron chi connectivity index (χ3n) is 3.01. The van der Waals surface area contributed by atoms with Gasteiger partial charge in [-0.05, 0) is 42.0 Å². The van der Waals surface area contributed by atoms with Crippen molar-refractivity contribution < 1.29 is 17.9 Å². The Morgan fingerprint density at radius 1 is 0.955 bits per heavy atom. The second kappa shape index (κ2) is 5.46. The normalized spacial score (nSPS) is 11.6. The number of halogens is 3. The molecule has 2 nitrogen and oxygen atoms in total. The summed E-state index contributed by atoms with van der Waals surface area (Å²) < 4.78 is 41.1. The number of benzene rings is 2. The lowest BCUT2D eigenvalue weighted by atomic mass is 10.1. The van der Waals surface area contributed by atoms with E-state index >= 15 is 0 Å². The Bertz CT molecular complexity index is 867. The van der Waals surface area contributed by atoms with Gasteiger partial charge in [-0.1, -0.05) is 12.1 Å². The lowest BCUT2D eigenvalue weighted by molar-refractivity contribution is -0.274. The number of hydrogen-bond donors (Lipinski definition) is 0. The van der Waals surface area contributed by atoms with E-state index in [-0.39, 0.29) is 11.2 Å². The molecule has 3 aromatic rings. The standard InChI is InChI=1S/C16H9F3O2S/c17-16(18,19)21-11-7-5-10(6-8-11)15-9-13(20)12-3-1-2-4-14(12)22-15/h1-9H. The number of hydrogen-bond acceptors (Lipinski definition) is 3. The summed E-state index contributed by atoms with van der Waals surface area (Å²) in [4.78, 5) is 12.8. The average Bonchev–Trinajstić information content (AvgIpc) is 2.46. The molecule has 1 heterocycles. The zero-order valence-electron chi connectivity index (χ0n) is 11.1. The van der Waals surface area contributed by atoms with Crippen molar-refractivity contribution in [3.63, 3.8) is 0 Å². The van der Waals surface area contributed by atoms with Gasteiger partial charge in [0.2, 0.25) is 0 Å². The molecule has 2 aromatic carbocycles. The quantitative estimate of drug-likeness (QED) is 0.676. The van der Waals surface area contributed by atoms with Crippen molar-refractivity contribution >= 4 is 21.4 Å². The Kier molecular flexibility index (Phi) is 3.62. The van der Waals surface area contributed by atoms with E-state index in [0.29, 0.717) is 15.8 Å². The molecule has 1 aromatic heterocycles. The molecule has 112 valence electrons. The van der Waals surface area contributed by atoms with Crippen molar-refractivity contribution in [3.8, 4) is 16.2 Å². The summed E-state index contributed by atoms with van der Waals surface area (Å²) >= 11 is 1.41. The summed E-state index contributed by atoms with van der Waals surface area (Å²) in [5.41, 5.74) is 0.558. The van der Waals surface area contributed by atoms with E-state index in [9.17, 15) is 18.0 Å². The molecule has 0 amide bonds. The van der Waals surface area contributed by atoms with Crippen LogP contribution in [-0.4, -0.2) is 6.36 Å². The molecule has 0 fully saturated rings. The van der Waals surface area contributed by atoms with Gasteiger partial charge < -0.3 is 4.74 Å². The minimum atomic E-state index is -4.71. The molecule has 0 radical (unpaired) electrons. The van der Waals surface area contributed by atoms with Crippen molar-refractivity contribution in [2.24, 2.45) is 0 Å². The summed E-state index contributed by atoms with van der Waals surface area (Å²) in [5.74, 6) is -0.288.